The molecule has 1 aromatic rings. The molecule has 65 valence electrons. The Hall–Kier alpha value is -0.850. The number of halogens is 1. The van der Waals surface area contributed by atoms with Gasteiger partial charge in [0.25, 0.3) is 0 Å². The van der Waals surface area contributed by atoms with Crippen LogP contribution in [0, 0.1) is 12.3 Å². The van der Waals surface area contributed by atoms with Crippen LogP contribution in [0.2, 0.25) is 0 Å². The second-order valence-corrected chi connectivity index (χ2v) is 3.27. The Bertz CT molecular complexity index is 216. The zero-order valence-corrected chi connectivity index (χ0v) is 7.50. The van der Waals surface area contributed by atoms with E-state index in [9.17, 15) is 4.39 Å². The van der Waals surface area contributed by atoms with Crippen molar-refractivity contribution in [2.75, 3.05) is 0 Å². The van der Waals surface area contributed by atoms with Crippen LogP contribution in [0.25, 0.3) is 0 Å². The highest BCUT2D eigenvalue weighted by atomic mass is 19.1. The van der Waals surface area contributed by atoms with E-state index in [0.29, 0.717) is 0 Å². The van der Waals surface area contributed by atoms with Gasteiger partial charge in [-0.15, -0.1) is 0 Å². The van der Waals surface area contributed by atoms with E-state index < -0.39 is 6.17 Å². The van der Waals surface area contributed by atoms with Gasteiger partial charge in [-0.1, -0.05) is 44.2 Å². The number of hydrogen-bond acceptors (Lipinski definition) is 0. The summed E-state index contributed by atoms with van der Waals surface area (Å²) < 4.78 is 13.2. The van der Waals surface area contributed by atoms with Gasteiger partial charge in [0.1, 0.15) is 6.17 Å². The molecule has 0 amide bonds. The van der Waals surface area contributed by atoms with Gasteiger partial charge in [-0.3, -0.25) is 0 Å². The summed E-state index contributed by atoms with van der Waals surface area (Å²) in [6.45, 7) is 3.76. The molecule has 1 radical (unpaired) electrons. The third-order valence-electron chi connectivity index (χ3n) is 1.79. The van der Waals surface area contributed by atoms with Crippen molar-refractivity contribution in [2.45, 2.75) is 20.0 Å². The fraction of sp³-hybridized carbons (Fsp3) is 0.364. The molecular formula is C11H14F. The van der Waals surface area contributed by atoms with Crippen molar-refractivity contribution in [2.24, 2.45) is 5.92 Å². The Kier molecular flexibility index (Phi) is 3.27. The van der Waals surface area contributed by atoms with Crippen LogP contribution in [0.5, 0.6) is 0 Å². The van der Waals surface area contributed by atoms with Gasteiger partial charge in [0.05, 0.1) is 0 Å². The molecule has 1 atom stereocenters. The van der Waals surface area contributed by atoms with E-state index in [0.717, 1.165) is 5.56 Å². The van der Waals surface area contributed by atoms with E-state index in [4.69, 9.17) is 0 Å². The molecule has 0 aromatic heterocycles. The van der Waals surface area contributed by atoms with Gasteiger partial charge in [0, 0.05) is 6.42 Å². The van der Waals surface area contributed by atoms with E-state index in [-0.39, 0.29) is 5.92 Å². The van der Waals surface area contributed by atoms with Gasteiger partial charge >= 0.3 is 0 Å². The Morgan fingerprint density at radius 1 is 1.17 bits per heavy atom. The first-order chi connectivity index (χ1) is 5.70. The maximum absolute atomic E-state index is 13.2. The quantitative estimate of drug-likeness (QED) is 0.645. The van der Waals surface area contributed by atoms with Crippen LogP contribution in [-0.4, -0.2) is 6.17 Å². The molecule has 0 heterocycles. The van der Waals surface area contributed by atoms with Crippen molar-refractivity contribution >= 4 is 0 Å². The molecule has 1 heteroatoms. The molecule has 0 bridgehead atoms. The Balaban J connectivity index is 2.53. The van der Waals surface area contributed by atoms with E-state index in [1.165, 1.54) is 0 Å². The maximum atomic E-state index is 13.2. The van der Waals surface area contributed by atoms with Gasteiger partial charge in [0.2, 0.25) is 0 Å². The smallest absolute Gasteiger partial charge is 0.110 e. The highest BCUT2D eigenvalue weighted by molar-refractivity contribution is 5.24. The summed E-state index contributed by atoms with van der Waals surface area (Å²) in [6.07, 6.45) is 0.817. The maximum Gasteiger partial charge on any atom is 0.110 e. The summed E-state index contributed by atoms with van der Waals surface area (Å²) in [4.78, 5) is 0. The fourth-order valence-electron chi connectivity index (χ4n) is 0.940. The number of alkyl halides is 1. The average molecular weight is 165 g/mol. The van der Waals surface area contributed by atoms with Crippen LogP contribution in [0.3, 0.4) is 0 Å². The van der Waals surface area contributed by atoms with Crippen molar-refractivity contribution in [1.82, 2.24) is 0 Å². The molecule has 0 nitrogen and oxygen atoms in total. The topological polar surface area (TPSA) is 0 Å². The van der Waals surface area contributed by atoms with Gasteiger partial charge in [-0.2, -0.15) is 0 Å². The summed E-state index contributed by atoms with van der Waals surface area (Å²) in [5.41, 5.74) is 0.957. The van der Waals surface area contributed by atoms with E-state index >= 15 is 0 Å². The van der Waals surface area contributed by atoms with Crippen LogP contribution >= 0.6 is 0 Å². The Morgan fingerprint density at radius 2 is 1.75 bits per heavy atom. The second kappa shape index (κ2) is 4.24. The summed E-state index contributed by atoms with van der Waals surface area (Å²) >= 11 is 0. The third kappa shape index (κ3) is 2.65. The first kappa shape index (κ1) is 9.24. The first-order valence-electron chi connectivity index (χ1n) is 4.24. The van der Waals surface area contributed by atoms with Crippen molar-refractivity contribution < 1.29 is 4.39 Å². The van der Waals surface area contributed by atoms with E-state index in [2.05, 4.69) is 0 Å². The fourth-order valence-corrected chi connectivity index (χ4v) is 0.940. The molecule has 0 aliphatic heterocycles. The number of hydrogen-bond donors (Lipinski definition) is 0. The molecule has 0 saturated carbocycles. The molecule has 1 unspecified atom stereocenters. The lowest BCUT2D eigenvalue weighted by molar-refractivity contribution is 0.298. The molecule has 0 saturated heterocycles. The molecule has 12 heavy (non-hydrogen) atoms. The minimum Gasteiger partial charge on any atom is -0.247 e. The van der Waals surface area contributed by atoms with Gasteiger partial charge in [-0.05, 0) is 11.5 Å². The SMILES string of the molecule is CC(C)C(F)[CH]c1ccccc1. The molecular weight excluding hydrogens is 151 g/mol. The number of rotatable bonds is 3. The Labute approximate surface area is 73.4 Å². The minimum atomic E-state index is -0.840. The summed E-state index contributed by atoms with van der Waals surface area (Å²) in [6, 6.07) is 9.58. The zero-order chi connectivity index (χ0) is 8.97. The molecule has 0 aliphatic rings. The van der Waals surface area contributed by atoms with Gasteiger partial charge in [-0.25, -0.2) is 4.39 Å². The predicted molar refractivity (Wildman–Crippen MR) is 49.6 cm³/mol. The normalized spacial score (nSPS) is 13.3. The molecule has 0 spiro atoms. The highest BCUT2D eigenvalue weighted by Gasteiger charge is 2.11. The van der Waals surface area contributed by atoms with Crippen molar-refractivity contribution in [1.29, 1.82) is 0 Å². The van der Waals surface area contributed by atoms with Crippen molar-refractivity contribution in [3.8, 4) is 0 Å². The standard InChI is InChI=1S/C11H14F/c1-9(2)11(12)8-10-6-4-3-5-7-10/h3-9,11H,1-2H3. The van der Waals surface area contributed by atoms with Crippen molar-refractivity contribution in [3.63, 3.8) is 0 Å². The van der Waals surface area contributed by atoms with Gasteiger partial charge < -0.3 is 0 Å². The molecule has 1 rings (SSSR count). The van der Waals surface area contributed by atoms with Crippen LogP contribution in [0.4, 0.5) is 4.39 Å². The molecule has 0 aliphatic carbocycles. The lowest BCUT2D eigenvalue weighted by Gasteiger charge is -2.10. The highest BCUT2D eigenvalue weighted by Crippen LogP contribution is 2.14. The van der Waals surface area contributed by atoms with Crippen molar-refractivity contribution in [3.05, 3.63) is 42.3 Å². The molecule has 0 fully saturated rings. The predicted octanol–water partition coefficient (Wildman–Crippen LogP) is 3.23. The van der Waals surface area contributed by atoms with Gasteiger partial charge in [0.15, 0.2) is 0 Å². The van der Waals surface area contributed by atoms with Crippen LogP contribution < -0.4 is 0 Å². The lowest BCUT2D eigenvalue weighted by Crippen LogP contribution is -2.09. The van der Waals surface area contributed by atoms with Crippen LogP contribution in [-0.2, 0) is 0 Å². The van der Waals surface area contributed by atoms with Crippen LogP contribution in [0.15, 0.2) is 30.3 Å². The summed E-state index contributed by atoms with van der Waals surface area (Å²) in [7, 11) is 0. The molecule has 1 aromatic carbocycles. The number of benzene rings is 1. The summed E-state index contributed by atoms with van der Waals surface area (Å²) in [5, 5.41) is 0. The average Bonchev–Trinajstić information content (AvgIpc) is 2.06. The second-order valence-electron chi connectivity index (χ2n) is 3.27. The minimum absolute atomic E-state index is 0.0604. The largest absolute Gasteiger partial charge is 0.247 e. The molecule has 0 N–H and O–H groups in total. The first-order valence-corrected chi connectivity index (χ1v) is 4.24. The summed E-state index contributed by atoms with van der Waals surface area (Å²) in [5.74, 6) is 0.0604. The lowest BCUT2D eigenvalue weighted by atomic mass is 10.0. The van der Waals surface area contributed by atoms with E-state index in [1.807, 2.05) is 44.2 Å². The Morgan fingerprint density at radius 3 is 2.25 bits per heavy atom. The third-order valence-corrected chi connectivity index (χ3v) is 1.79. The van der Waals surface area contributed by atoms with Crippen LogP contribution in [0.1, 0.15) is 19.4 Å². The monoisotopic (exact) mass is 165 g/mol. The zero-order valence-electron chi connectivity index (χ0n) is 7.50. The van der Waals surface area contributed by atoms with E-state index in [1.54, 1.807) is 6.42 Å².